The highest BCUT2D eigenvalue weighted by Crippen LogP contribution is 2.20. The molecule has 0 atom stereocenters. The van der Waals surface area contributed by atoms with E-state index >= 15 is 0 Å². The molecule has 4 heteroatoms. The standard InChI is InChI=1S/C15H14FNO2/c1-10-8-12(18)6-7-14(10)17-15(19)9-11-4-2-3-5-13(11)16/h2-8,18H,9H2,1H3,(H,17,19). The minimum Gasteiger partial charge on any atom is -0.508 e. The smallest absolute Gasteiger partial charge is 0.228 e. The lowest BCUT2D eigenvalue weighted by Gasteiger charge is -2.09. The third-order valence-corrected chi connectivity index (χ3v) is 2.79. The summed E-state index contributed by atoms with van der Waals surface area (Å²) < 4.78 is 13.4. The largest absolute Gasteiger partial charge is 0.508 e. The van der Waals surface area contributed by atoms with Crippen LogP contribution in [0.3, 0.4) is 0 Å². The number of aromatic hydroxyl groups is 1. The number of benzene rings is 2. The monoisotopic (exact) mass is 259 g/mol. The number of hydrogen-bond donors (Lipinski definition) is 2. The summed E-state index contributed by atoms with van der Waals surface area (Å²) in [6, 6.07) is 10.8. The maximum atomic E-state index is 13.4. The molecule has 0 aliphatic rings. The first-order chi connectivity index (χ1) is 9.06. The molecule has 0 spiro atoms. The number of anilines is 1. The number of nitrogens with one attached hydrogen (secondary N) is 1. The molecule has 0 aliphatic carbocycles. The van der Waals surface area contributed by atoms with Crippen molar-refractivity contribution in [3.8, 4) is 5.75 Å². The molecule has 0 aliphatic heterocycles. The normalized spacial score (nSPS) is 10.2. The van der Waals surface area contributed by atoms with E-state index in [0.29, 0.717) is 11.3 Å². The molecule has 0 radical (unpaired) electrons. The molecule has 19 heavy (non-hydrogen) atoms. The molecule has 0 heterocycles. The molecule has 2 N–H and O–H groups in total. The fourth-order valence-corrected chi connectivity index (χ4v) is 1.80. The van der Waals surface area contributed by atoms with Gasteiger partial charge in [-0.15, -0.1) is 0 Å². The van der Waals surface area contributed by atoms with Gasteiger partial charge in [0.15, 0.2) is 0 Å². The summed E-state index contributed by atoms with van der Waals surface area (Å²) in [6.07, 6.45) is -0.0208. The van der Waals surface area contributed by atoms with Crippen molar-refractivity contribution in [3.05, 3.63) is 59.4 Å². The minimum atomic E-state index is -0.389. The minimum absolute atomic E-state index is 0.0208. The number of carbonyl (C=O) groups is 1. The van der Waals surface area contributed by atoms with Gasteiger partial charge in [-0.25, -0.2) is 4.39 Å². The number of hydrogen-bond acceptors (Lipinski definition) is 2. The number of phenols is 1. The van der Waals surface area contributed by atoms with Crippen LogP contribution >= 0.6 is 0 Å². The van der Waals surface area contributed by atoms with Crippen LogP contribution in [0.2, 0.25) is 0 Å². The maximum absolute atomic E-state index is 13.4. The Labute approximate surface area is 110 Å². The fourth-order valence-electron chi connectivity index (χ4n) is 1.80. The number of halogens is 1. The van der Waals surface area contributed by atoms with Gasteiger partial charge < -0.3 is 10.4 Å². The van der Waals surface area contributed by atoms with Crippen molar-refractivity contribution in [3.63, 3.8) is 0 Å². The summed E-state index contributed by atoms with van der Waals surface area (Å²) in [5, 5.41) is 12.0. The van der Waals surface area contributed by atoms with Crippen LogP contribution in [-0.4, -0.2) is 11.0 Å². The molecule has 98 valence electrons. The molecule has 0 bridgehead atoms. The lowest BCUT2D eigenvalue weighted by atomic mass is 10.1. The predicted molar refractivity (Wildman–Crippen MR) is 71.6 cm³/mol. The highest BCUT2D eigenvalue weighted by Gasteiger charge is 2.09. The predicted octanol–water partition coefficient (Wildman–Crippen LogP) is 3.02. The Balaban J connectivity index is 2.08. The molecular formula is C15H14FNO2. The first-order valence-corrected chi connectivity index (χ1v) is 5.89. The van der Waals surface area contributed by atoms with Crippen molar-refractivity contribution < 1.29 is 14.3 Å². The topological polar surface area (TPSA) is 49.3 Å². The van der Waals surface area contributed by atoms with E-state index in [0.717, 1.165) is 5.56 Å². The van der Waals surface area contributed by atoms with E-state index in [-0.39, 0.29) is 23.9 Å². The summed E-state index contributed by atoms with van der Waals surface area (Å²) in [6.45, 7) is 1.78. The van der Waals surface area contributed by atoms with E-state index in [2.05, 4.69) is 5.32 Å². The summed E-state index contributed by atoms with van der Waals surface area (Å²) >= 11 is 0. The van der Waals surface area contributed by atoms with Crippen LogP contribution in [0.25, 0.3) is 0 Å². The van der Waals surface area contributed by atoms with Crippen molar-refractivity contribution in [1.82, 2.24) is 0 Å². The second kappa shape index (κ2) is 5.52. The van der Waals surface area contributed by atoms with Gasteiger partial charge in [-0.2, -0.15) is 0 Å². The van der Waals surface area contributed by atoms with Crippen molar-refractivity contribution in [2.45, 2.75) is 13.3 Å². The van der Waals surface area contributed by atoms with E-state index in [9.17, 15) is 14.3 Å². The Morgan fingerprint density at radius 2 is 2.00 bits per heavy atom. The van der Waals surface area contributed by atoms with Crippen molar-refractivity contribution >= 4 is 11.6 Å². The van der Waals surface area contributed by atoms with Crippen LogP contribution in [-0.2, 0) is 11.2 Å². The lowest BCUT2D eigenvalue weighted by molar-refractivity contribution is -0.115. The second-order valence-electron chi connectivity index (χ2n) is 4.32. The van der Waals surface area contributed by atoms with Gasteiger partial charge in [0.2, 0.25) is 5.91 Å². The Bertz CT molecular complexity index is 611. The van der Waals surface area contributed by atoms with Gasteiger partial charge in [-0.3, -0.25) is 4.79 Å². The summed E-state index contributed by atoms with van der Waals surface area (Å²) in [7, 11) is 0. The third kappa shape index (κ3) is 3.31. The number of carbonyl (C=O) groups excluding carboxylic acids is 1. The number of phenolic OH excluding ortho intramolecular Hbond substituents is 1. The Kier molecular flexibility index (Phi) is 3.80. The second-order valence-corrected chi connectivity index (χ2v) is 4.32. The van der Waals surface area contributed by atoms with Crippen LogP contribution in [0.15, 0.2) is 42.5 Å². The zero-order valence-corrected chi connectivity index (χ0v) is 10.5. The van der Waals surface area contributed by atoms with Crippen LogP contribution in [0.5, 0.6) is 5.75 Å². The van der Waals surface area contributed by atoms with Gasteiger partial charge in [-0.1, -0.05) is 18.2 Å². The number of amides is 1. The van der Waals surface area contributed by atoms with Gasteiger partial charge in [-0.05, 0) is 42.3 Å². The van der Waals surface area contributed by atoms with Gasteiger partial charge in [0.1, 0.15) is 11.6 Å². The Hall–Kier alpha value is -2.36. The molecule has 1 amide bonds. The highest BCUT2D eigenvalue weighted by molar-refractivity contribution is 5.93. The molecule has 2 aromatic carbocycles. The van der Waals surface area contributed by atoms with E-state index in [1.807, 2.05) is 0 Å². The van der Waals surface area contributed by atoms with E-state index in [4.69, 9.17) is 0 Å². The van der Waals surface area contributed by atoms with Gasteiger partial charge in [0.05, 0.1) is 6.42 Å². The molecule has 0 aromatic heterocycles. The molecular weight excluding hydrogens is 245 g/mol. The van der Waals surface area contributed by atoms with E-state index in [1.165, 1.54) is 12.1 Å². The molecule has 0 fully saturated rings. The van der Waals surface area contributed by atoms with Crippen molar-refractivity contribution in [1.29, 1.82) is 0 Å². The quantitative estimate of drug-likeness (QED) is 0.832. The average molecular weight is 259 g/mol. The van der Waals surface area contributed by atoms with Crippen LogP contribution in [0, 0.1) is 12.7 Å². The summed E-state index contributed by atoms with van der Waals surface area (Å²) in [4.78, 5) is 11.8. The van der Waals surface area contributed by atoms with E-state index in [1.54, 1.807) is 37.3 Å². The van der Waals surface area contributed by atoms with Crippen LogP contribution < -0.4 is 5.32 Å². The molecule has 3 nitrogen and oxygen atoms in total. The highest BCUT2D eigenvalue weighted by atomic mass is 19.1. The molecule has 2 rings (SSSR count). The van der Waals surface area contributed by atoms with Gasteiger partial charge in [0.25, 0.3) is 0 Å². The van der Waals surface area contributed by atoms with Gasteiger partial charge in [0, 0.05) is 5.69 Å². The van der Waals surface area contributed by atoms with Crippen LogP contribution in [0.4, 0.5) is 10.1 Å². The molecule has 0 saturated carbocycles. The molecule has 2 aromatic rings. The lowest BCUT2D eigenvalue weighted by Crippen LogP contribution is -2.15. The Morgan fingerprint density at radius 1 is 1.26 bits per heavy atom. The number of aryl methyl sites for hydroxylation is 1. The SMILES string of the molecule is Cc1cc(O)ccc1NC(=O)Cc1ccccc1F. The van der Waals surface area contributed by atoms with E-state index < -0.39 is 0 Å². The molecule has 0 saturated heterocycles. The number of rotatable bonds is 3. The van der Waals surface area contributed by atoms with Crippen LogP contribution in [0.1, 0.15) is 11.1 Å². The van der Waals surface area contributed by atoms with Crippen molar-refractivity contribution in [2.24, 2.45) is 0 Å². The zero-order chi connectivity index (χ0) is 13.8. The zero-order valence-electron chi connectivity index (χ0n) is 10.5. The molecule has 0 unspecified atom stereocenters. The van der Waals surface area contributed by atoms with Gasteiger partial charge >= 0.3 is 0 Å². The summed E-state index contributed by atoms with van der Waals surface area (Å²) in [5.74, 6) is -0.538. The maximum Gasteiger partial charge on any atom is 0.228 e. The third-order valence-electron chi connectivity index (χ3n) is 2.79. The summed E-state index contributed by atoms with van der Waals surface area (Å²) in [5.41, 5.74) is 1.72. The average Bonchev–Trinajstić information content (AvgIpc) is 2.36. The fraction of sp³-hybridized carbons (Fsp3) is 0.133. The first kappa shape index (κ1) is 13.1. The van der Waals surface area contributed by atoms with Crippen molar-refractivity contribution in [2.75, 3.05) is 5.32 Å². The first-order valence-electron chi connectivity index (χ1n) is 5.89. The Morgan fingerprint density at radius 3 is 2.68 bits per heavy atom.